The predicted molar refractivity (Wildman–Crippen MR) is 105 cm³/mol. The fourth-order valence-electron chi connectivity index (χ4n) is 4.72. The van der Waals surface area contributed by atoms with E-state index in [-0.39, 0.29) is 12.5 Å². The molecular weight excluding hydrogens is 340 g/mol. The van der Waals surface area contributed by atoms with Crippen LogP contribution < -0.4 is 4.74 Å². The molecule has 3 aliphatic heterocycles. The summed E-state index contributed by atoms with van der Waals surface area (Å²) in [7, 11) is 0. The van der Waals surface area contributed by atoms with Crippen LogP contribution in [0.15, 0.2) is 24.3 Å². The molecule has 0 N–H and O–H groups in total. The third-order valence-electron chi connectivity index (χ3n) is 6.51. The maximum atomic E-state index is 12.5. The molecule has 1 aromatic rings. The standard InChI is InChI=1S/C22H32N2O3/c1-18-4-6-19(7-5-18)26-16-21(25)24-12-8-22(9-13-24)14-20(27-17-22)15-23-10-2-3-11-23/h4-7,20H,2-3,8-17H2,1H3/t20-/m0/s1. The Morgan fingerprint density at radius 3 is 2.56 bits per heavy atom. The fourth-order valence-corrected chi connectivity index (χ4v) is 4.72. The molecule has 1 amide bonds. The van der Waals surface area contributed by atoms with Crippen molar-refractivity contribution < 1.29 is 14.3 Å². The second-order valence-corrected chi connectivity index (χ2v) is 8.63. The first-order chi connectivity index (χ1) is 13.1. The molecule has 3 heterocycles. The maximum absolute atomic E-state index is 12.5. The number of aryl methyl sites for hydroxylation is 1. The zero-order valence-corrected chi connectivity index (χ0v) is 16.5. The van der Waals surface area contributed by atoms with Gasteiger partial charge in [0, 0.05) is 19.6 Å². The van der Waals surface area contributed by atoms with Gasteiger partial charge in [-0.05, 0) is 69.7 Å². The van der Waals surface area contributed by atoms with Gasteiger partial charge in [0.25, 0.3) is 5.91 Å². The highest BCUT2D eigenvalue weighted by Gasteiger charge is 2.43. The van der Waals surface area contributed by atoms with Crippen molar-refractivity contribution in [1.82, 2.24) is 9.80 Å². The summed E-state index contributed by atoms with van der Waals surface area (Å²) in [6, 6.07) is 7.85. The summed E-state index contributed by atoms with van der Waals surface area (Å²) >= 11 is 0. The van der Waals surface area contributed by atoms with Crippen molar-refractivity contribution >= 4 is 5.91 Å². The Morgan fingerprint density at radius 1 is 1.15 bits per heavy atom. The summed E-state index contributed by atoms with van der Waals surface area (Å²) in [5.41, 5.74) is 1.48. The average molecular weight is 373 g/mol. The molecule has 0 aromatic heterocycles. The molecule has 1 atom stereocenters. The van der Waals surface area contributed by atoms with Gasteiger partial charge >= 0.3 is 0 Å². The summed E-state index contributed by atoms with van der Waals surface area (Å²) in [5, 5.41) is 0. The second kappa shape index (κ2) is 8.19. The summed E-state index contributed by atoms with van der Waals surface area (Å²) in [6.45, 7) is 8.26. The normalized spacial score (nSPS) is 25.2. The molecule has 5 nitrogen and oxygen atoms in total. The van der Waals surface area contributed by atoms with E-state index in [1.807, 2.05) is 36.1 Å². The minimum atomic E-state index is 0.0953. The Labute approximate surface area is 162 Å². The second-order valence-electron chi connectivity index (χ2n) is 8.63. The average Bonchev–Trinajstić information content (AvgIpc) is 3.32. The van der Waals surface area contributed by atoms with Crippen molar-refractivity contribution in [2.24, 2.45) is 5.41 Å². The number of benzene rings is 1. The largest absolute Gasteiger partial charge is 0.484 e. The van der Waals surface area contributed by atoms with E-state index in [2.05, 4.69) is 4.90 Å². The Kier molecular flexibility index (Phi) is 5.69. The van der Waals surface area contributed by atoms with Gasteiger partial charge in [-0.3, -0.25) is 4.79 Å². The van der Waals surface area contributed by atoms with Gasteiger partial charge in [-0.25, -0.2) is 0 Å². The van der Waals surface area contributed by atoms with Crippen molar-refractivity contribution in [3.63, 3.8) is 0 Å². The lowest BCUT2D eigenvalue weighted by atomic mass is 9.76. The summed E-state index contributed by atoms with van der Waals surface area (Å²) in [6.07, 6.45) is 6.32. The Morgan fingerprint density at radius 2 is 1.85 bits per heavy atom. The smallest absolute Gasteiger partial charge is 0.260 e. The number of carbonyl (C=O) groups is 1. The molecule has 27 heavy (non-hydrogen) atoms. The van der Waals surface area contributed by atoms with Crippen LogP contribution in [0.5, 0.6) is 5.75 Å². The van der Waals surface area contributed by atoms with E-state index < -0.39 is 0 Å². The minimum Gasteiger partial charge on any atom is -0.484 e. The molecule has 0 unspecified atom stereocenters. The number of likely N-dealkylation sites (tertiary alicyclic amines) is 2. The van der Waals surface area contributed by atoms with Crippen molar-refractivity contribution in [2.75, 3.05) is 45.9 Å². The first kappa shape index (κ1) is 18.8. The van der Waals surface area contributed by atoms with Crippen LogP contribution >= 0.6 is 0 Å². The Bertz CT molecular complexity index is 631. The van der Waals surface area contributed by atoms with Crippen molar-refractivity contribution in [2.45, 2.75) is 45.1 Å². The summed E-state index contributed by atoms with van der Waals surface area (Å²) < 4.78 is 11.8. The van der Waals surface area contributed by atoms with Crippen LogP contribution in [0.1, 0.15) is 37.7 Å². The zero-order valence-electron chi connectivity index (χ0n) is 16.5. The van der Waals surface area contributed by atoms with Gasteiger partial charge < -0.3 is 19.3 Å². The molecule has 0 bridgehead atoms. The van der Waals surface area contributed by atoms with E-state index in [0.717, 1.165) is 51.3 Å². The number of carbonyl (C=O) groups excluding carboxylic acids is 1. The number of rotatable bonds is 5. The van der Waals surface area contributed by atoms with Gasteiger partial charge in [-0.1, -0.05) is 17.7 Å². The van der Waals surface area contributed by atoms with Gasteiger partial charge in [0.2, 0.25) is 0 Å². The summed E-state index contributed by atoms with van der Waals surface area (Å²) in [5.74, 6) is 0.856. The molecule has 3 saturated heterocycles. The molecule has 4 rings (SSSR count). The van der Waals surface area contributed by atoms with Gasteiger partial charge in [-0.15, -0.1) is 0 Å². The number of hydrogen-bond acceptors (Lipinski definition) is 4. The lowest BCUT2D eigenvalue weighted by molar-refractivity contribution is -0.135. The highest BCUT2D eigenvalue weighted by molar-refractivity contribution is 5.77. The molecule has 3 aliphatic rings. The van der Waals surface area contributed by atoms with Crippen molar-refractivity contribution in [3.8, 4) is 5.75 Å². The van der Waals surface area contributed by atoms with Crippen LogP contribution in [-0.4, -0.2) is 67.7 Å². The lowest BCUT2D eigenvalue weighted by Crippen LogP contribution is -2.45. The Balaban J connectivity index is 1.21. The van der Waals surface area contributed by atoms with E-state index in [1.54, 1.807) is 0 Å². The summed E-state index contributed by atoms with van der Waals surface area (Å²) in [4.78, 5) is 17.0. The Hall–Kier alpha value is -1.59. The fraction of sp³-hybridized carbons (Fsp3) is 0.682. The van der Waals surface area contributed by atoms with Crippen molar-refractivity contribution in [3.05, 3.63) is 29.8 Å². The van der Waals surface area contributed by atoms with Gasteiger partial charge in [-0.2, -0.15) is 0 Å². The first-order valence-corrected chi connectivity index (χ1v) is 10.4. The number of piperidine rings is 1. The molecular formula is C22H32N2O3. The molecule has 5 heteroatoms. The molecule has 3 fully saturated rings. The van der Waals surface area contributed by atoms with Gasteiger partial charge in [0.1, 0.15) is 5.75 Å². The van der Waals surface area contributed by atoms with E-state index in [4.69, 9.17) is 9.47 Å². The molecule has 1 spiro atoms. The topological polar surface area (TPSA) is 42.0 Å². The molecule has 148 valence electrons. The van der Waals surface area contributed by atoms with Crippen molar-refractivity contribution in [1.29, 1.82) is 0 Å². The van der Waals surface area contributed by atoms with Crippen LogP contribution in [0.3, 0.4) is 0 Å². The van der Waals surface area contributed by atoms with Gasteiger partial charge in [0.15, 0.2) is 6.61 Å². The number of amides is 1. The number of ether oxygens (including phenoxy) is 2. The predicted octanol–water partition coefficient (Wildman–Crippen LogP) is 2.87. The first-order valence-electron chi connectivity index (χ1n) is 10.4. The molecule has 1 aromatic carbocycles. The van der Waals surface area contributed by atoms with Crippen LogP contribution in [-0.2, 0) is 9.53 Å². The minimum absolute atomic E-state index is 0.0953. The van der Waals surface area contributed by atoms with E-state index in [1.165, 1.54) is 31.5 Å². The highest BCUT2D eigenvalue weighted by atomic mass is 16.5. The lowest BCUT2D eigenvalue weighted by Gasteiger charge is -2.38. The number of hydrogen-bond donors (Lipinski definition) is 0. The third kappa shape index (κ3) is 4.64. The quantitative estimate of drug-likeness (QED) is 0.797. The van der Waals surface area contributed by atoms with E-state index in [0.29, 0.717) is 11.5 Å². The SMILES string of the molecule is Cc1ccc(OCC(=O)N2CCC3(CC2)CO[C@H](CN2CCCC2)C3)cc1. The van der Waals surface area contributed by atoms with Crippen LogP contribution in [0.25, 0.3) is 0 Å². The monoisotopic (exact) mass is 372 g/mol. The molecule has 0 saturated carbocycles. The third-order valence-corrected chi connectivity index (χ3v) is 6.51. The highest BCUT2D eigenvalue weighted by Crippen LogP contribution is 2.42. The van der Waals surface area contributed by atoms with Gasteiger partial charge in [0.05, 0.1) is 12.7 Å². The zero-order chi connectivity index (χ0) is 18.7. The molecule has 0 aliphatic carbocycles. The number of nitrogens with zero attached hydrogens (tertiary/aromatic N) is 2. The van der Waals surface area contributed by atoms with E-state index >= 15 is 0 Å². The molecule has 0 radical (unpaired) electrons. The van der Waals surface area contributed by atoms with Crippen LogP contribution in [0.2, 0.25) is 0 Å². The maximum Gasteiger partial charge on any atom is 0.260 e. The van der Waals surface area contributed by atoms with E-state index in [9.17, 15) is 4.79 Å². The van der Waals surface area contributed by atoms with Crippen LogP contribution in [0.4, 0.5) is 0 Å². The van der Waals surface area contributed by atoms with Crippen LogP contribution in [0, 0.1) is 12.3 Å².